The minimum atomic E-state index is 0. The van der Waals surface area contributed by atoms with Gasteiger partial charge in [0.1, 0.15) is 0 Å². The molecule has 0 aromatic heterocycles. The first-order chi connectivity index (χ1) is 0. The van der Waals surface area contributed by atoms with Crippen molar-refractivity contribution in [3.63, 3.8) is 0 Å². The average molecular weight is 483 g/mol. The zero-order chi connectivity index (χ0) is 0. The molecule has 0 aliphatic carbocycles. The van der Waals surface area contributed by atoms with Crippen LogP contribution in [0.15, 0.2) is 0 Å². The molecule has 5 heavy (non-hydrogen) atoms. The number of halogens is 2. The molecule has 0 amide bonds. The first-order valence-electron chi connectivity index (χ1n) is 0. The summed E-state index contributed by atoms with van der Waals surface area (Å²) >= 11 is 0. The Morgan fingerprint density at radius 3 is 0.600 bits per heavy atom. The van der Waals surface area contributed by atoms with Gasteiger partial charge in [0, 0.05) is 0 Å². The maximum absolute atomic E-state index is 0. The van der Waals surface area contributed by atoms with Crippen LogP contribution >= 0.6 is 48.0 Å². The van der Waals surface area contributed by atoms with Crippen LogP contribution in [0.5, 0.6) is 0 Å². The van der Waals surface area contributed by atoms with Crippen LogP contribution in [0.25, 0.3) is 12.3 Å². The first kappa shape index (κ1) is 60.8. The van der Waals surface area contributed by atoms with Crippen molar-refractivity contribution in [3.8, 4) is 0 Å². The fraction of sp³-hybridized carbons (Fsp3) is 0. The molecule has 0 bridgehead atoms. The molecule has 0 fully saturated rings. The normalized spacial score (nSPS) is 0. The Morgan fingerprint density at radius 2 is 0.600 bits per heavy atom. The van der Waals surface area contributed by atoms with Gasteiger partial charge in [0.05, 0.1) is 0 Å². The Hall–Kier alpha value is 2.07. The van der Waals surface area contributed by atoms with Gasteiger partial charge in [-0.3, -0.25) is 0 Å². The van der Waals surface area contributed by atoms with E-state index in [0.717, 1.165) is 0 Å². The Labute approximate surface area is 80.3 Å². The quantitative estimate of drug-likeness (QED) is 0.476. The van der Waals surface area contributed by atoms with Crippen molar-refractivity contribution >= 4 is 48.0 Å². The molecule has 0 aromatic rings. The van der Waals surface area contributed by atoms with E-state index in [0.29, 0.717) is 0 Å². The molecule has 4 N–H and O–H groups in total. The van der Waals surface area contributed by atoms with E-state index in [-0.39, 0.29) is 81.3 Å². The second-order valence-electron chi connectivity index (χ2n) is 0. The molecule has 0 saturated heterocycles. The fourth-order valence-corrected chi connectivity index (χ4v) is 0. The molecule has 0 saturated carbocycles. The molecule has 0 radical (unpaired) electrons. The van der Waals surface area contributed by atoms with Crippen molar-refractivity contribution < 1.29 is 21.1 Å². The van der Waals surface area contributed by atoms with Gasteiger partial charge in [-0.05, 0) is 0 Å². The first-order valence-corrected chi connectivity index (χ1v) is 0. The zero-order valence-electron chi connectivity index (χ0n) is 2.29. The minimum absolute atomic E-state index is 0. The van der Waals surface area contributed by atoms with Gasteiger partial charge in [-0.15, -0.1) is 48.0 Å². The Balaban J connectivity index is 0. The monoisotopic (exact) mass is 483 g/mol. The maximum atomic E-state index is 0. The van der Waals surface area contributed by atoms with Crippen molar-refractivity contribution in [2.45, 2.75) is 0 Å². The summed E-state index contributed by atoms with van der Waals surface area (Å²) in [6.45, 7) is 0. The van der Waals surface area contributed by atoms with Crippen LogP contribution in [0.2, 0.25) is 0 Å². The maximum Gasteiger partial charge on any atom is 2.00 e. The second kappa shape index (κ2) is 36.4. The Bertz CT molecular complexity index is 7.61. The van der Waals surface area contributed by atoms with Crippen LogP contribution in [0.1, 0.15) is 0 Å². The average Bonchev–Trinajstić information content (AvgIpc) is 0. The van der Waals surface area contributed by atoms with Crippen molar-refractivity contribution in [2.75, 3.05) is 0 Å². The van der Waals surface area contributed by atoms with Crippen LogP contribution in [0, 0.1) is 0 Å². The van der Waals surface area contributed by atoms with Crippen LogP contribution in [-0.4, -0.2) is 0 Å². The molecular weight excluding hydrogens is 477 g/mol. The van der Waals surface area contributed by atoms with Gasteiger partial charge in [-0.2, -0.15) is 0 Å². The molecule has 0 heterocycles. The van der Waals surface area contributed by atoms with E-state index in [1.807, 2.05) is 0 Å². The molecule has 0 unspecified atom stereocenters. The molecule has 0 atom stereocenters. The van der Waals surface area contributed by atoms with E-state index in [2.05, 4.69) is 0 Å². The number of rotatable bonds is 0. The molecule has 0 aliphatic heterocycles. The van der Waals surface area contributed by atoms with E-state index in [1.54, 1.807) is 0 Å². The Morgan fingerprint density at radius 1 is 0.600 bits per heavy atom. The summed E-state index contributed by atoms with van der Waals surface area (Å²) in [4.78, 5) is 0. The third kappa shape index (κ3) is 23.5. The van der Waals surface area contributed by atoms with E-state index >= 15 is 0 Å². The van der Waals surface area contributed by atoms with Gasteiger partial charge >= 0.3 is 21.1 Å². The summed E-state index contributed by atoms with van der Waals surface area (Å²) in [7, 11) is 0. The topological polar surface area (TPSA) is 67.0 Å². The molecule has 0 aliphatic rings. The third-order valence-corrected chi connectivity index (χ3v) is 0. The summed E-state index contributed by atoms with van der Waals surface area (Å²) in [6.07, 6.45) is 0. The molecule has 40 valence electrons. The number of hydrogen-bond acceptors (Lipinski definition) is 0. The smallest absolute Gasteiger partial charge is 0.693 e. The van der Waals surface area contributed by atoms with E-state index < -0.39 is 0 Å². The molecule has 0 aromatic carbocycles. The van der Waals surface area contributed by atoms with Crippen LogP contribution in [-0.2, 0) is 21.1 Å². The number of hydrogen-bond donors (Lipinski definition) is 0. The summed E-state index contributed by atoms with van der Waals surface area (Å²) in [5.41, 5.74) is 0. The summed E-state index contributed by atoms with van der Waals surface area (Å²) < 4.78 is 0. The molecular formula is H6I2N2Pt. The van der Waals surface area contributed by atoms with Crippen molar-refractivity contribution in [1.82, 2.24) is 0 Å². The van der Waals surface area contributed by atoms with Gasteiger partial charge < -0.3 is 12.3 Å². The van der Waals surface area contributed by atoms with Gasteiger partial charge in [0.15, 0.2) is 0 Å². The standard InChI is InChI=1S/2HI.2H2N.Pt/h2*1H;2*1H2;/q;;2*-1;+2. The summed E-state index contributed by atoms with van der Waals surface area (Å²) in [6, 6.07) is 0. The predicted molar refractivity (Wildman–Crippen MR) is 41.4 cm³/mol. The van der Waals surface area contributed by atoms with Gasteiger partial charge in [-0.25, -0.2) is 0 Å². The van der Waals surface area contributed by atoms with Gasteiger partial charge in [0.25, 0.3) is 0 Å². The van der Waals surface area contributed by atoms with E-state index in [4.69, 9.17) is 0 Å². The fourth-order valence-electron chi connectivity index (χ4n) is 0. The van der Waals surface area contributed by atoms with Crippen LogP contribution in [0.4, 0.5) is 0 Å². The van der Waals surface area contributed by atoms with E-state index in [9.17, 15) is 0 Å². The molecule has 0 spiro atoms. The summed E-state index contributed by atoms with van der Waals surface area (Å²) in [5, 5.41) is 0. The Kier molecular flexibility index (Phi) is 443. The third-order valence-electron chi connectivity index (χ3n) is 0. The van der Waals surface area contributed by atoms with Crippen LogP contribution in [0.3, 0.4) is 0 Å². The number of nitrogens with two attached hydrogens (primary N) is 2. The van der Waals surface area contributed by atoms with Crippen molar-refractivity contribution in [2.24, 2.45) is 0 Å². The minimum Gasteiger partial charge on any atom is -0.693 e. The molecule has 0 rings (SSSR count). The SMILES string of the molecule is I.I.[NH2-].[NH2-].[Pt+2]. The second-order valence-corrected chi connectivity index (χ2v) is 0. The van der Waals surface area contributed by atoms with Crippen molar-refractivity contribution in [1.29, 1.82) is 0 Å². The predicted octanol–water partition coefficient (Wildman–Crippen LogP) is 2.67. The zero-order valence-corrected chi connectivity index (χ0v) is 9.22. The van der Waals surface area contributed by atoms with Gasteiger partial charge in [0.2, 0.25) is 0 Å². The van der Waals surface area contributed by atoms with Crippen molar-refractivity contribution in [3.05, 3.63) is 12.3 Å². The molecule has 2 nitrogen and oxygen atoms in total. The van der Waals surface area contributed by atoms with Gasteiger partial charge in [-0.1, -0.05) is 0 Å². The van der Waals surface area contributed by atoms with E-state index in [1.165, 1.54) is 0 Å². The molecule has 5 heteroatoms. The van der Waals surface area contributed by atoms with Crippen LogP contribution < -0.4 is 0 Å². The summed E-state index contributed by atoms with van der Waals surface area (Å²) in [5.74, 6) is 0. The largest absolute Gasteiger partial charge is 2.00 e.